The zero-order valence-corrected chi connectivity index (χ0v) is 5.50. The van der Waals surface area contributed by atoms with Gasteiger partial charge in [-0.05, 0) is 18.9 Å². The Hall–Kier alpha value is -1.25. The van der Waals surface area contributed by atoms with E-state index in [1.807, 2.05) is 12.2 Å². The molecule has 1 aliphatic rings. The van der Waals surface area contributed by atoms with Gasteiger partial charge in [0.25, 0.3) is 0 Å². The maximum atomic E-state index is 10.1. The van der Waals surface area contributed by atoms with Gasteiger partial charge in [-0.1, -0.05) is 12.2 Å². The van der Waals surface area contributed by atoms with E-state index in [9.17, 15) is 4.79 Å². The summed E-state index contributed by atoms with van der Waals surface area (Å²) in [5.74, 6) is 0. The molecule has 3 nitrogen and oxygen atoms in total. The molecule has 2 N–H and O–H groups in total. The zero-order valence-electron chi connectivity index (χ0n) is 5.50. The summed E-state index contributed by atoms with van der Waals surface area (Å²) in [6.07, 6.45) is 6.52. The van der Waals surface area contributed by atoms with Gasteiger partial charge in [0.05, 0.1) is 0 Å². The van der Waals surface area contributed by atoms with Crippen LogP contribution in [-0.2, 0) is 0 Å². The van der Waals surface area contributed by atoms with Crippen LogP contribution in [0.2, 0.25) is 0 Å². The van der Waals surface area contributed by atoms with Crippen molar-refractivity contribution in [2.24, 2.45) is 0 Å². The average molecular weight is 139 g/mol. The number of rotatable bonds is 1. The van der Waals surface area contributed by atoms with Gasteiger partial charge in [-0.3, -0.25) is 5.32 Å². The molecule has 0 aromatic heterocycles. The third kappa shape index (κ3) is 1.93. The van der Waals surface area contributed by atoms with Crippen LogP contribution in [0, 0.1) is 0 Å². The lowest BCUT2D eigenvalue weighted by atomic mass is 10.1. The fourth-order valence-electron chi connectivity index (χ4n) is 0.830. The molecule has 0 heterocycles. The Morgan fingerprint density at radius 1 is 1.60 bits per heavy atom. The normalized spacial score (nSPS) is 16.2. The minimum atomic E-state index is -1.00. The summed E-state index contributed by atoms with van der Waals surface area (Å²) < 4.78 is 0. The van der Waals surface area contributed by atoms with E-state index in [0.717, 1.165) is 12.8 Å². The van der Waals surface area contributed by atoms with E-state index >= 15 is 0 Å². The summed E-state index contributed by atoms with van der Waals surface area (Å²) in [4.78, 5) is 10.1. The average Bonchev–Trinajstić information content (AvgIpc) is 1.88. The summed E-state index contributed by atoms with van der Waals surface area (Å²) in [6.45, 7) is 0. The Morgan fingerprint density at radius 3 is 2.90 bits per heavy atom. The summed E-state index contributed by atoms with van der Waals surface area (Å²) in [7, 11) is 0. The van der Waals surface area contributed by atoms with Crippen molar-refractivity contribution in [1.82, 2.24) is 5.32 Å². The minimum absolute atomic E-state index is 0.679. The van der Waals surface area contributed by atoms with Gasteiger partial charge in [0, 0.05) is 5.70 Å². The third-order valence-corrected chi connectivity index (χ3v) is 1.25. The fourth-order valence-corrected chi connectivity index (χ4v) is 0.830. The molecular weight excluding hydrogens is 130 g/mol. The van der Waals surface area contributed by atoms with Crippen LogP contribution in [0.3, 0.4) is 0 Å². The first kappa shape index (κ1) is 6.86. The minimum Gasteiger partial charge on any atom is -0.465 e. The van der Waals surface area contributed by atoms with E-state index in [1.54, 1.807) is 6.08 Å². The van der Waals surface area contributed by atoms with Crippen LogP contribution in [0.5, 0.6) is 0 Å². The van der Waals surface area contributed by atoms with Gasteiger partial charge in [0.2, 0.25) is 0 Å². The van der Waals surface area contributed by atoms with Crippen LogP contribution >= 0.6 is 0 Å². The summed E-state index contributed by atoms with van der Waals surface area (Å²) in [5, 5.41) is 10.6. The molecule has 0 fully saturated rings. The first-order chi connectivity index (χ1) is 4.79. The molecule has 0 saturated heterocycles. The number of hydrogen-bond donors (Lipinski definition) is 2. The summed E-state index contributed by atoms with van der Waals surface area (Å²) >= 11 is 0. The Bertz CT molecular complexity index is 194. The first-order valence-electron chi connectivity index (χ1n) is 3.15. The molecule has 0 bridgehead atoms. The molecular formula is C7H9NO2. The summed E-state index contributed by atoms with van der Waals surface area (Å²) in [6, 6.07) is 0. The van der Waals surface area contributed by atoms with E-state index in [2.05, 4.69) is 5.32 Å². The van der Waals surface area contributed by atoms with Crippen molar-refractivity contribution in [3.63, 3.8) is 0 Å². The Kier molecular flexibility index (Phi) is 2.10. The number of allylic oxidation sites excluding steroid dienone is 3. The van der Waals surface area contributed by atoms with Gasteiger partial charge < -0.3 is 5.11 Å². The molecule has 0 aromatic carbocycles. The van der Waals surface area contributed by atoms with Crippen LogP contribution in [-0.4, -0.2) is 11.2 Å². The van der Waals surface area contributed by atoms with Crippen molar-refractivity contribution in [3.8, 4) is 0 Å². The molecule has 0 atom stereocenters. The van der Waals surface area contributed by atoms with Gasteiger partial charge >= 0.3 is 6.09 Å². The zero-order chi connectivity index (χ0) is 7.40. The molecule has 54 valence electrons. The van der Waals surface area contributed by atoms with E-state index in [-0.39, 0.29) is 0 Å². The van der Waals surface area contributed by atoms with Crippen LogP contribution in [0.25, 0.3) is 0 Å². The summed E-state index contributed by atoms with van der Waals surface area (Å²) in [5.41, 5.74) is 0.679. The van der Waals surface area contributed by atoms with Crippen LogP contribution < -0.4 is 5.32 Å². The Morgan fingerprint density at radius 2 is 2.40 bits per heavy atom. The Balaban J connectivity index is 2.48. The van der Waals surface area contributed by atoms with Gasteiger partial charge in [-0.2, -0.15) is 0 Å². The molecule has 1 aliphatic carbocycles. The van der Waals surface area contributed by atoms with Gasteiger partial charge in [0.1, 0.15) is 0 Å². The van der Waals surface area contributed by atoms with Crippen molar-refractivity contribution in [1.29, 1.82) is 0 Å². The monoisotopic (exact) mass is 139 g/mol. The van der Waals surface area contributed by atoms with Crippen molar-refractivity contribution in [2.75, 3.05) is 0 Å². The second-order valence-corrected chi connectivity index (χ2v) is 2.07. The SMILES string of the molecule is O=C(O)NC1=CCCC=C1. The first-order valence-corrected chi connectivity index (χ1v) is 3.15. The van der Waals surface area contributed by atoms with Crippen LogP contribution in [0.15, 0.2) is 23.9 Å². The predicted molar refractivity (Wildman–Crippen MR) is 37.6 cm³/mol. The molecule has 10 heavy (non-hydrogen) atoms. The van der Waals surface area contributed by atoms with Crippen molar-refractivity contribution in [2.45, 2.75) is 12.8 Å². The van der Waals surface area contributed by atoms with Crippen LogP contribution in [0.1, 0.15) is 12.8 Å². The topological polar surface area (TPSA) is 49.3 Å². The van der Waals surface area contributed by atoms with E-state index in [4.69, 9.17) is 5.11 Å². The third-order valence-electron chi connectivity index (χ3n) is 1.25. The number of nitrogens with one attached hydrogen (secondary N) is 1. The lowest BCUT2D eigenvalue weighted by Crippen LogP contribution is -2.19. The second-order valence-electron chi connectivity index (χ2n) is 2.07. The van der Waals surface area contributed by atoms with Gasteiger partial charge in [0.15, 0.2) is 0 Å². The van der Waals surface area contributed by atoms with Crippen molar-refractivity contribution >= 4 is 6.09 Å². The van der Waals surface area contributed by atoms with Crippen LogP contribution in [0.4, 0.5) is 4.79 Å². The molecule has 0 radical (unpaired) electrons. The molecule has 1 amide bonds. The quantitative estimate of drug-likeness (QED) is 0.578. The molecule has 0 unspecified atom stereocenters. The molecule has 0 saturated carbocycles. The smallest absolute Gasteiger partial charge is 0.409 e. The molecule has 0 spiro atoms. The highest BCUT2D eigenvalue weighted by Gasteiger charge is 1.99. The molecule has 3 heteroatoms. The lowest BCUT2D eigenvalue weighted by Gasteiger charge is -2.04. The van der Waals surface area contributed by atoms with Crippen molar-refractivity contribution in [3.05, 3.63) is 23.9 Å². The van der Waals surface area contributed by atoms with Crippen molar-refractivity contribution < 1.29 is 9.90 Å². The fraction of sp³-hybridized carbons (Fsp3) is 0.286. The van der Waals surface area contributed by atoms with Gasteiger partial charge in [-0.15, -0.1) is 0 Å². The number of carboxylic acid groups (broad SMARTS) is 1. The number of hydrogen-bond acceptors (Lipinski definition) is 1. The number of amides is 1. The highest BCUT2D eigenvalue weighted by Crippen LogP contribution is 2.05. The van der Waals surface area contributed by atoms with E-state index in [1.165, 1.54) is 0 Å². The highest BCUT2D eigenvalue weighted by molar-refractivity contribution is 5.67. The van der Waals surface area contributed by atoms with Gasteiger partial charge in [-0.25, -0.2) is 4.79 Å². The largest absolute Gasteiger partial charge is 0.465 e. The second kappa shape index (κ2) is 3.06. The number of carbonyl (C=O) groups is 1. The van der Waals surface area contributed by atoms with E-state index in [0.29, 0.717) is 5.70 Å². The maximum absolute atomic E-state index is 10.1. The molecule has 0 aliphatic heterocycles. The van der Waals surface area contributed by atoms with E-state index < -0.39 is 6.09 Å². The molecule has 0 aromatic rings. The maximum Gasteiger partial charge on any atom is 0.409 e. The Labute approximate surface area is 59.0 Å². The predicted octanol–water partition coefficient (Wildman–Crippen LogP) is 1.49. The standard InChI is InChI=1S/C7H9NO2/c9-7(10)8-6-4-2-1-3-5-6/h2,4-5,8H,1,3H2,(H,9,10). The lowest BCUT2D eigenvalue weighted by molar-refractivity contribution is 0.198. The highest BCUT2D eigenvalue weighted by atomic mass is 16.4. The molecule has 1 rings (SSSR count).